The van der Waals surface area contributed by atoms with Crippen LogP contribution in [0.3, 0.4) is 0 Å². The topological polar surface area (TPSA) is 113 Å². The number of nitrogens with one attached hydrogen (secondary N) is 1. The van der Waals surface area contributed by atoms with Crippen molar-refractivity contribution in [1.29, 1.82) is 5.26 Å². The number of thioether (sulfide) groups is 1. The number of fused-ring (bicyclic) bond motifs is 2. The maximum absolute atomic E-state index is 15.2. The molecule has 0 saturated heterocycles. The van der Waals surface area contributed by atoms with Gasteiger partial charge in [0.2, 0.25) is 0 Å². The number of anilines is 1. The first kappa shape index (κ1) is 22.2. The first-order chi connectivity index (χ1) is 15.4. The number of nitriles is 1. The predicted molar refractivity (Wildman–Crippen MR) is 122 cm³/mol. The number of carbonyl (C=O) groups excluding carboxylic acids is 1. The summed E-state index contributed by atoms with van der Waals surface area (Å²) >= 11 is 1.51. The lowest BCUT2D eigenvalue weighted by Gasteiger charge is -2.32. The molecule has 1 fully saturated rings. The van der Waals surface area contributed by atoms with Crippen molar-refractivity contribution in [2.24, 2.45) is 16.6 Å². The van der Waals surface area contributed by atoms with E-state index in [1.165, 1.54) is 42.2 Å². The van der Waals surface area contributed by atoms with Crippen molar-refractivity contribution in [3.05, 3.63) is 59.2 Å². The van der Waals surface area contributed by atoms with E-state index in [-0.39, 0.29) is 11.8 Å². The van der Waals surface area contributed by atoms with E-state index in [0.717, 1.165) is 18.6 Å². The summed E-state index contributed by atoms with van der Waals surface area (Å²) in [6.07, 6.45) is 4.33. The molecule has 1 aromatic heterocycles. The zero-order valence-corrected chi connectivity index (χ0v) is 18.5. The summed E-state index contributed by atoms with van der Waals surface area (Å²) in [5.41, 5.74) is 6.68. The second kappa shape index (κ2) is 9.27. The van der Waals surface area contributed by atoms with Crippen LogP contribution in [0.25, 0.3) is 0 Å². The van der Waals surface area contributed by atoms with Crippen molar-refractivity contribution in [3.63, 3.8) is 0 Å². The Bertz CT molecular complexity index is 1080. The fourth-order valence-corrected chi connectivity index (χ4v) is 5.40. The Labute approximate surface area is 190 Å². The number of nitrogens with two attached hydrogens (primary N) is 1. The number of amidine groups is 1. The van der Waals surface area contributed by atoms with Crippen LogP contribution in [0.5, 0.6) is 0 Å². The zero-order valence-electron chi connectivity index (χ0n) is 17.7. The Morgan fingerprint density at radius 2 is 2.19 bits per heavy atom. The smallest absolute Gasteiger partial charge is 0.274 e. The van der Waals surface area contributed by atoms with Crippen molar-refractivity contribution >= 4 is 28.5 Å². The predicted octanol–water partition coefficient (Wildman–Crippen LogP) is 3.81. The zero-order chi connectivity index (χ0) is 22.7. The lowest BCUT2D eigenvalue weighted by molar-refractivity contribution is 0.0728. The Hall–Kier alpha value is -2.96. The monoisotopic (exact) mass is 453 g/mol. The van der Waals surface area contributed by atoms with E-state index in [4.69, 9.17) is 20.7 Å². The number of pyridine rings is 1. The third-order valence-electron chi connectivity index (χ3n) is 6.06. The van der Waals surface area contributed by atoms with E-state index in [9.17, 15) is 4.79 Å². The number of benzene rings is 1. The molecule has 1 amide bonds. The van der Waals surface area contributed by atoms with Gasteiger partial charge in [0, 0.05) is 36.7 Å². The van der Waals surface area contributed by atoms with Crippen molar-refractivity contribution < 1.29 is 13.9 Å². The number of ether oxygens (including phenoxy) is 1. The number of hydrogen-bond acceptors (Lipinski definition) is 7. The van der Waals surface area contributed by atoms with Crippen LogP contribution in [0.1, 0.15) is 47.3 Å². The molecular formula is C23H24FN5O2S. The Morgan fingerprint density at radius 1 is 1.34 bits per heavy atom. The van der Waals surface area contributed by atoms with Gasteiger partial charge < -0.3 is 15.8 Å². The molecule has 2 aromatic rings. The second-order valence-electron chi connectivity index (χ2n) is 8.19. The van der Waals surface area contributed by atoms with Gasteiger partial charge in [0.25, 0.3) is 5.91 Å². The van der Waals surface area contributed by atoms with E-state index >= 15 is 4.39 Å². The van der Waals surface area contributed by atoms with Gasteiger partial charge in [-0.2, -0.15) is 5.26 Å². The quantitative estimate of drug-likeness (QED) is 0.728. The highest BCUT2D eigenvalue weighted by molar-refractivity contribution is 8.13. The molecule has 1 saturated carbocycles. The summed E-state index contributed by atoms with van der Waals surface area (Å²) < 4.78 is 20.9. The molecule has 1 aromatic carbocycles. The molecule has 2 heterocycles. The van der Waals surface area contributed by atoms with Gasteiger partial charge in [-0.05, 0) is 55.5 Å². The number of aromatic nitrogens is 1. The summed E-state index contributed by atoms with van der Waals surface area (Å²) in [6.45, 7) is 0. The van der Waals surface area contributed by atoms with Crippen LogP contribution in [0, 0.1) is 23.1 Å². The second-order valence-corrected chi connectivity index (χ2v) is 9.23. The van der Waals surface area contributed by atoms with Crippen LogP contribution in [0.2, 0.25) is 0 Å². The van der Waals surface area contributed by atoms with Crippen LogP contribution < -0.4 is 11.1 Å². The minimum absolute atomic E-state index is 0.0554. The van der Waals surface area contributed by atoms with E-state index in [2.05, 4.69) is 10.3 Å². The largest absolute Gasteiger partial charge is 0.381 e. The lowest BCUT2D eigenvalue weighted by atomic mass is 9.80. The molecular weight excluding hydrogens is 429 g/mol. The number of methoxy groups -OCH3 is 1. The van der Waals surface area contributed by atoms with Gasteiger partial charge in [0.05, 0.1) is 17.2 Å². The van der Waals surface area contributed by atoms with Crippen molar-refractivity contribution in [2.75, 3.05) is 18.2 Å². The molecule has 166 valence electrons. The van der Waals surface area contributed by atoms with Crippen molar-refractivity contribution in [3.8, 4) is 6.07 Å². The van der Waals surface area contributed by atoms with Crippen LogP contribution in [-0.2, 0) is 10.3 Å². The average molecular weight is 454 g/mol. The number of hydrogen-bond donors (Lipinski definition) is 2. The highest BCUT2D eigenvalue weighted by Gasteiger charge is 2.43. The van der Waals surface area contributed by atoms with Gasteiger partial charge in [-0.25, -0.2) is 9.37 Å². The van der Waals surface area contributed by atoms with Gasteiger partial charge in [-0.1, -0.05) is 11.8 Å². The van der Waals surface area contributed by atoms with Crippen LogP contribution in [0.15, 0.2) is 41.5 Å². The number of halogens is 1. The first-order valence-corrected chi connectivity index (χ1v) is 11.4. The summed E-state index contributed by atoms with van der Waals surface area (Å²) in [5, 5.41) is 12.1. The third kappa shape index (κ3) is 4.61. The summed E-state index contributed by atoms with van der Waals surface area (Å²) in [6, 6.07) is 9.46. The molecule has 2 aliphatic rings. The average Bonchev–Trinajstić information content (AvgIpc) is 3.08. The number of carbonyl (C=O) groups is 1. The molecule has 0 radical (unpaired) electrons. The molecule has 4 rings (SSSR count). The van der Waals surface area contributed by atoms with E-state index < -0.39 is 17.3 Å². The maximum Gasteiger partial charge on any atom is 0.274 e. The number of amides is 1. The van der Waals surface area contributed by atoms with E-state index in [1.807, 2.05) is 6.07 Å². The van der Waals surface area contributed by atoms with Gasteiger partial charge in [0.1, 0.15) is 17.6 Å². The van der Waals surface area contributed by atoms with Gasteiger partial charge in [-0.3, -0.25) is 9.79 Å². The minimum Gasteiger partial charge on any atom is -0.381 e. The molecule has 0 unspecified atom stereocenters. The van der Waals surface area contributed by atoms with E-state index in [0.29, 0.717) is 40.7 Å². The molecule has 3 N–H and O–H groups in total. The lowest BCUT2D eigenvalue weighted by Crippen LogP contribution is -2.32. The molecule has 1 aliphatic carbocycles. The van der Waals surface area contributed by atoms with Crippen LogP contribution in [-0.4, -0.2) is 35.0 Å². The van der Waals surface area contributed by atoms with E-state index in [1.54, 1.807) is 13.2 Å². The molecule has 9 heteroatoms. The Balaban J connectivity index is 1.69. The fraction of sp³-hybridized carbons (Fsp3) is 0.391. The van der Waals surface area contributed by atoms with Crippen LogP contribution in [0.4, 0.5) is 10.1 Å². The van der Waals surface area contributed by atoms with Crippen molar-refractivity contribution in [1.82, 2.24) is 4.98 Å². The molecule has 3 atom stereocenters. The summed E-state index contributed by atoms with van der Waals surface area (Å²) in [7, 11) is 1.67. The number of aliphatic imine (C=N–C) groups is 1. The highest BCUT2D eigenvalue weighted by atomic mass is 32.2. The SMILES string of the molecule is CO[C@@H]1CC[C@@H]2CSC(N)=N[C@](c3cc(NC(=O)c4ccc(C#N)cn4)ccc3F)(C2)C1. The third-order valence-corrected chi connectivity index (χ3v) is 7.09. The molecule has 32 heavy (non-hydrogen) atoms. The standard InChI is InChI=1S/C23H24FN5O2S/c1-31-17-5-2-14-9-23(10-17,29-22(26)32-13-14)18-8-16(4-6-19(18)24)28-21(30)20-7-3-15(11-25)12-27-20/h3-4,6-8,12,14,17H,2,5,9-10,13H2,1H3,(H2,26,29)(H,28,30)/t14-,17+,23+/m0/s1. The van der Waals surface area contributed by atoms with Crippen LogP contribution >= 0.6 is 11.8 Å². The molecule has 0 spiro atoms. The van der Waals surface area contributed by atoms with Gasteiger partial charge >= 0.3 is 0 Å². The van der Waals surface area contributed by atoms with Gasteiger partial charge in [0.15, 0.2) is 5.17 Å². The Morgan fingerprint density at radius 3 is 2.91 bits per heavy atom. The first-order valence-electron chi connectivity index (χ1n) is 10.4. The number of rotatable bonds is 4. The van der Waals surface area contributed by atoms with Crippen molar-refractivity contribution in [2.45, 2.75) is 37.3 Å². The molecule has 1 aliphatic heterocycles. The highest BCUT2D eigenvalue weighted by Crippen LogP contribution is 2.47. The number of nitrogens with zero attached hydrogens (tertiary/aromatic N) is 3. The van der Waals surface area contributed by atoms with Gasteiger partial charge in [-0.15, -0.1) is 0 Å². The minimum atomic E-state index is -0.854. The summed E-state index contributed by atoms with van der Waals surface area (Å²) in [5.74, 6) is 0.344. The molecule has 2 bridgehead atoms. The normalized spacial score (nSPS) is 25.1. The fourth-order valence-electron chi connectivity index (χ4n) is 4.47. The molecule has 7 nitrogen and oxygen atoms in total. The maximum atomic E-state index is 15.2. The Kier molecular flexibility index (Phi) is 6.44. The summed E-state index contributed by atoms with van der Waals surface area (Å²) in [4.78, 5) is 21.4.